The average molecular weight is 471 g/mol. The van der Waals surface area contributed by atoms with Gasteiger partial charge < -0.3 is 9.84 Å². The number of hydrogen-bond acceptors (Lipinski definition) is 8. The maximum Gasteiger partial charge on any atom is 0.295 e. The number of nitrogens with zero attached hydrogens (tertiary/aromatic N) is 2. The summed E-state index contributed by atoms with van der Waals surface area (Å²) in [5.74, 6) is 0.431. The number of benzene rings is 3. The van der Waals surface area contributed by atoms with Crippen LogP contribution in [0.4, 0.5) is 17.1 Å². The molecule has 0 aromatic heterocycles. The van der Waals surface area contributed by atoms with Crippen LogP contribution in [0.5, 0.6) is 11.5 Å². The van der Waals surface area contributed by atoms with Gasteiger partial charge >= 0.3 is 0 Å². The molecule has 0 unspecified atom stereocenters. The number of anilines is 2. The van der Waals surface area contributed by atoms with Crippen molar-refractivity contribution in [3.05, 3.63) is 81.4 Å². The predicted octanol–water partition coefficient (Wildman–Crippen LogP) is 4.17. The van der Waals surface area contributed by atoms with Gasteiger partial charge in [-0.3, -0.25) is 20.3 Å². The molecule has 0 aliphatic rings. The molecular weight excluding hydrogens is 448 g/mol. The zero-order chi connectivity index (χ0) is 24.2. The summed E-state index contributed by atoms with van der Waals surface area (Å²) in [7, 11) is -2.59. The van der Waals surface area contributed by atoms with Crippen LogP contribution in [0.15, 0.2) is 64.6 Å². The van der Waals surface area contributed by atoms with Crippen molar-refractivity contribution in [1.29, 1.82) is 0 Å². The first kappa shape index (κ1) is 23.5. The molecule has 0 saturated carbocycles. The third-order valence-corrected chi connectivity index (χ3v) is 6.09. The highest BCUT2D eigenvalue weighted by molar-refractivity contribution is 7.92. The number of hydrogen-bond donors (Lipinski definition) is 3. The number of rotatable bonds is 8. The first-order chi connectivity index (χ1) is 15.6. The molecule has 3 aromatic carbocycles. The van der Waals surface area contributed by atoms with Crippen molar-refractivity contribution in [3.63, 3.8) is 0 Å². The molecule has 0 spiro atoms. The van der Waals surface area contributed by atoms with Crippen molar-refractivity contribution >= 4 is 33.3 Å². The molecule has 0 aliphatic heterocycles. The van der Waals surface area contributed by atoms with Gasteiger partial charge in [-0.05, 0) is 55.8 Å². The van der Waals surface area contributed by atoms with Crippen molar-refractivity contribution in [3.8, 4) is 11.5 Å². The fourth-order valence-electron chi connectivity index (χ4n) is 2.99. The summed E-state index contributed by atoms with van der Waals surface area (Å²) in [6.07, 6.45) is 1.26. The second-order valence-corrected chi connectivity index (χ2v) is 8.84. The number of hydrazone groups is 1. The highest BCUT2D eigenvalue weighted by atomic mass is 32.2. The monoisotopic (exact) mass is 470 g/mol. The molecule has 0 aliphatic carbocycles. The van der Waals surface area contributed by atoms with E-state index in [1.165, 1.54) is 37.6 Å². The molecule has 0 heterocycles. The number of aryl methyl sites for hydroxylation is 2. The van der Waals surface area contributed by atoms with Gasteiger partial charge in [-0.1, -0.05) is 17.7 Å². The Kier molecular flexibility index (Phi) is 6.83. The Labute approximate surface area is 190 Å². The number of aromatic hydroxyl groups is 1. The summed E-state index contributed by atoms with van der Waals surface area (Å²) in [6, 6.07) is 13.2. The van der Waals surface area contributed by atoms with Crippen LogP contribution < -0.4 is 14.9 Å². The zero-order valence-corrected chi connectivity index (χ0v) is 18.9. The molecule has 33 heavy (non-hydrogen) atoms. The van der Waals surface area contributed by atoms with Gasteiger partial charge in [0.2, 0.25) is 0 Å². The van der Waals surface area contributed by atoms with E-state index in [9.17, 15) is 23.6 Å². The maximum absolute atomic E-state index is 12.8. The number of phenolic OH excluding ortho intramolecular Hbond substituents is 1. The summed E-state index contributed by atoms with van der Waals surface area (Å²) in [4.78, 5) is 10.6. The van der Waals surface area contributed by atoms with E-state index in [1.54, 1.807) is 25.1 Å². The molecule has 0 fully saturated rings. The average Bonchev–Trinajstić information content (AvgIpc) is 2.77. The molecule has 0 amide bonds. The standard InChI is InChI=1S/C22H22N4O6S/c1-14-4-7-19(15(2)10-14)25-33(30,31)18-6-8-20(21(12-18)26(28)29)24-23-13-16-11-17(32-3)5-9-22(16)27/h4-13,24-25,27H,1-3H3/b23-13+. The SMILES string of the molecule is COc1ccc(O)c(/C=N/Nc2ccc(S(=O)(=O)Nc3ccc(C)cc3C)cc2[N+](=O)[O-])c1. The van der Waals surface area contributed by atoms with Crippen molar-refractivity contribution in [2.75, 3.05) is 17.3 Å². The molecule has 3 N–H and O–H groups in total. The molecular formula is C22H22N4O6S. The van der Waals surface area contributed by atoms with Crippen molar-refractivity contribution in [2.45, 2.75) is 18.7 Å². The minimum atomic E-state index is -4.07. The van der Waals surface area contributed by atoms with Gasteiger partial charge in [0, 0.05) is 11.6 Å². The molecule has 10 nitrogen and oxygen atoms in total. The van der Waals surface area contributed by atoms with Crippen LogP contribution in [-0.2, 0) is 10.0 Å². The maximum atomic E-state index is 12.8. The Morgan fingerprint density at radius 3 is 2.45 bits per heavy atom. The molecule has 11 heteroatoms. The van der Waals surface area contributed by atoms with Crippen LogP contribution in [-0.4, -0.2) is 31.8 Å². The van der Waals surface area contributed by atoms with Crippen LogP contribution in [0.2, 0.25) is 0 Å². The predicted molar refractivity (Wildman–Crippen MR) is 126 cm³/mol. The van der Waals surface area contributed by atoms with Gasteiger partial charge in [-0.25, -0.2) is 8.42 Å². The van der Waals surface area contributed by atoms with Gasteiger partial charge in [0.1, 0.15) is 17.2 Å². The zero-order valence-electron chi connectivity index (χ0n) is 18.1. The third kappa shape index (κ3) is 5.57. The van der Waals surface area contributed by atoms with E-state index < -0.39 is 20.6 Å². The van der Waals surface area contributed by atoms with Crippen LogP contribution in [0.1, 0.15) is 16.7 Å². The first-order valence-electron chi connectivity index (χ1n) is 9.65. The fourth-order valence-corrected chi connectivity index (χ4v) is 4.14. The number of methoxy groups -OCH3 is 1. The van der Waals surface area contributed by atoms with Crippen LogP contribution in [0, 0.1) is 24.0 Å². The van der Waals surface area contributed by atoms with E-state index in [-0.39, 0.29) is 16.3 Å². The molecule has 0 saturated heterocycles. The lowest BCUT2D eigenvalue weighted by atomic mass is 10.1. The van der Waals surface area contributed by atoms with E-state index in [0.717, 1.165) is 17.2 Å². The van der Waals surface area contributed by atoms with Gasteiger partial charge in [-0.15, -0.1) is 0 Å². The lowest BCUT2D eigenvalue weighted by Crippen LogP contribution is -2.14. The molecule has 3 rings (SSSR count). The van der Waals surface area contributed by atoms with Gasteiger partial charge in [0.05, 0.1) is 28.8 Å². The number of nitro benzene ring substituents is 1. The smallest absolute Gasteiger partial charge is 0.295 e. The van der Waals surface area contributed by atoms with E-state index in [1.807, 2.05) is 13.0 Å². The van der Waals surface area contributed by atoms with Crippen molar-refractivity contribution < 1.29 is 23.2 Å². The minimum absolute atomic E-state index is 0.0240. The topological polar surface area (TPSA) is 143 Å². The largest absolute Gasteiger partial charge is 0.507 e. The van der Waals surface area contributed by atoms with Gasteiger partial charge in [-0.2, -0.15) is 5.10 Å². The number of nitro groups is 1. The van der Waals surface area contributed by atoms with E-state index in [2.05, 4.69) is 15.2 Å². The van der Waals surface area contributed by atoms with E-state index >= 15 is 0 Å². The normalized spacial score (nSPS) is 11.4. The van der Waals surface area contributed by atoms with Crippen molar-refractivity contribution in [2.24, 2.45) is 5.10 Å². The van der Waals surface area contributed by atoms with E-state index in [0.29, 0.717) is 17.0 Å². The van der Waals surface area contributed by atoms with Crippen LogP contribution in [0.25, 0.3) is 0 Å². The van der Waals surface area contributed by atoms with Crippen molar-refractivity contribution in [1.82, 2.24) is 0 Å². The van der Waals surface area contributed by atoms with Gasteiger partial charge in [0.15, 0.2) is 0 Å². The minimum Gasteiger partial charge on any atom is -0.507 e. The summed E-state index contributed by atoms with van der Waals surface area (Å²) < 4.78 is 33.1. The van der Waals surface area contributed by atoms with E-state index in [4.69, 9.17) is 4.74 Å². The highest BCUT2D eigenvalue weighted by Crippen LogP contribution is 2.29. The second-order valence-electron chi connectivity index (χ2n) is 7.15. The number of ether oxygens (including phenoxy) is 1. The Morgan fingerprint density at radius 2 is 1.79 bits per heavy atom. The molecule has 0 bridgehead atoms. The highest BCUT2D eigenvalue weighted by Gasteiger charge is 2.22. The van der Waals surface area contributed by atoms with Crippen LogP contribution >= 0.6 is 0 Å². The second kappa shape index (κ2) is 9.57. The Morgan fingerprint density at radius 1 is 1.06 bits per heavy atom. The first-order valence-corrected chi connectivity index (χ1v) is 11.1. The molecule has 0 atom stereocenters. The summed E-state index contributed by atoms with van der Waals surface area (Å²) >= 11 is 0. The number of sulfonamides is 1. The molecule has 172 valence electrons. The fraction of sp³-hybridized carbons (Fsp3) is 0.136. The quantitative estimate of drug-likeness (QED) is 0.255. The lowest BCUT2D eigenvalue weighted by Gasteiger charge is -2.12. The van der Waals surface area contributed by atoms with Crippen LogP contribution in [0.3, 0.4) is 0 Å². The Balaban J connectivity index is 1.86. The Hall–Kier alpha value is -4.12. The molecule has 0 radical (unpaired) electrons. The Bertz CT molecular complexity index is 1340. The number of nitrogens with one attached hydrogen (secondary N) is 2. The number of phenols is 1. The van der Waals surface area contributed by atoms with Gasteiger partial charge in [0.25, 0.3) is 15.7 Å². The lowest BCUT2D eigenvalue weighted by molar-refractivity contribution is -0.384. The summed E-state index contributed by atoms with van der Waals surface area (Å²) in [6.45, 7) is 3.65. The molecule has 3 aromatic rings. The third-order valence-electron chi connectivity index (χ3n) is 4.73. The summed E-state index contributed by atoms with van der Waals surface area (Å²) in [5.41, 5.74) is 4.41. The summed E-state index contributed by atoms with van der Waals surface area (Å²) in [5, 5.41) is 25.4.